The number of carbonyl (C=O) groups is 1. The minimum Gasteiger partial charge on any atom is -0.377 e. The van der Waals surface area contributed by atoms with Crippen molar-refractivity contribution in [3.63, 3.8) is 0 Å². The van der Waals surface area contributed by atoms with E-state index in [1.165, 1.54) is 18.2 Å². The van der Waals surface area contributed by atoms with E-state index in [0.29, 0.717) is 6.07 Å². The summed E-state index contributed by atoms with van der Waals surface area (Å²) < 4.78 is 145. The maximum atomic E-state index is 14.0. The molecule has 2 rings (SSSR count). The van der Waals surface area contributed by atoms with Gasteiger partial charge in [-0.05, 0) is 6.07 Å². The molecule has 4 nitrogen and oxygen atoms in total. The maximum absolute atomic E-state index is 14.0. The van der Waals surface area contributed by atoms with Crippen LogP contribution in [0, 0.1) is 0 Å². The fourth-order valence-corrected chi connectivity index (χ4v) is 3.73. The molecule has 0 aliphatic heterocycles. The predicted octanol–water partition coefficient (Wildman–Crippen LogP) is 6.36. The summed E-state index contributed by atoms with van der Waals surface area (Å²) in [6.45, 7) is 0. The highest BCUT2D eigenvalue weighted by Gasteiger charge is 2.86. The van der Waals surface area contributed by atoms with Crippen LogP contribution in [-0.4, -0.2) is 37.5 Å². The zero-order chi connectivity index (χ0) is 25.6. The summed E-state index contributed by atoms with van der Waals surface area (Å²) >= 11 is 11.3. The standard InChI is InChI=1S/C17H7Cl2F9O4S/c18-9-6-10(19)12(13(29)8-4-2-1-3-5-8)11(7-9)32-33(30,31)17(27,28)15(22,23)14(20,21)16(24,25)26/h1-7H. The average molecular weight is 549 g/mol. The summed E-state index contributed by atoms with van der Waals surface area (Å²) in [5.41, 5.74) is -1.28. The third kappa shape index (κ3) is 4.60. The number of alkyl halides is 9. The van der Waals surface area contributed by atoms with Gasteiger partial charge in [0.1, 0.15) is 0 Å². The molecule has 0 heterocycles. The van der Waals surface area contributed by atoms with Crippen LogP contribution in [0.2, 0.25) is 10.0 Å². The zero-order valence-corrected chi connectivity index (χ0v) is 17.6. The van der Waals surface area contributed by atoms with Crippen LogP contribution in [0.25, 0.3) is 0 Å². The summed E-state index contributed by atoms with van der Waals surface area (Å²) in [6, 6.07) is 7.45. The lowest BCUT2D eigenvalue weighted by Crippen LogP contribution is -2.63. The van der Waals surface area contributed by atoms with E-state index in [2.05, 4.69) is 4.18 Å². The number of rotatable bonds is 7. The monoisotopic (exact) mass is 548 g/mol. The highest BCUT2D eigenvalue weighted by atomic mass is 35.5. The van der Waals surface area contributed by atoms with Crippen molar-refractivity contribution < 1.29 is 56.9 Å². The predicted molar refractivity (Wildman–Crippen MR) is 96.8 cm³/mol. The second kappa shape index (κ2) is 8.55. The number of carbonyl (C=O) groups excluding carboxylic acids is 1. The first kappa shape index (κ1) is 27.1. The van der Waals surface area contributed by atoms with E-state index in [0.717, 1.165) is 18.2 Å². The molecule has 0 saturated heterocycles. The van der Waals surface area contributed by atoms with E-state index in [1.54, 1.807) is 0 Å². The molecule has 0 atom stereocenters. The Morgan fingerprint density at radius 1 is 0.818 bits per heavy atom. The topological polar surface area (TPSA) is 60.4 Å². The van der Waals surface area contributed by atoms with Crippen molar-refractivity contribution in [2.75, 3.05) is 0 Å². The van der Waals surface area contributed by atoms with Gasteiger partial charge in [-0.15, -0.1) is 0 Å². The van der Waals surface area contributed by atoms with Gasteiger partial charge in [0.15, 0.2) is 11.5 Å². The fraction of sp³-hybridized carbons (Fsp3) is 0.235. The zero-order valence-electron chi connectivity index (χ0n) is 15.2. The van der Waals surface area contributed by atoms with Crippen LogP contribution >= 0.6 is 23.2 Å². The van der Waals surface area contributed by atoms with E-state index >= 15 is 0 Å². The smallest absolute Gasteiger partial charge is 0.377 e. The highest BCUT2D eigenvalue weighted by molar-refractivity contribution is 7.88. The maximum Gasteiger partial charge on any atom is 0.460 e. The van der Waals surface area contributed by atoms with Crippen LogP contribution in [-0.2, 0) is 10.1 Å². The lowest BCUT2D eigenvalue weighted by atomic mass is 10.0. The minimum absolute atomic E-state index is 0.246. The van der Waals surface area contributed by atoms with Crippen LogP contribution in [0.1, 0.15) is 15.9 Å². The molecule has 33 heavy (non-hydrogen) atoms. The Morgan fingerprint density at radius 2 is 1.33 bits per heavy atom. The van der Waals surface area contributed by atoms with Gasteiger partial charge in [-0.1, -0.05) is 53.5 Å². The molecule has 0 unspecified atom stereocenters. The van der Waals surface area contributed by atoms with Gasteiger partial charge in [0.2, 0.25) is 0 Å². The van der Waals surface area contributed by atoms with Crippen molar-refractivity contribution in [2.24, 2.45) is 0 Å². The Morgan fingerprint density at radius 3 is 1.82 bits per heavy atom. The van der Waals surface area contributed by atoms with E-state index in [-0.39, 0.29) is 5.56 Å². The summed E-state index contributed by atoms with van der Waals surface area (Å²) in [7, 11) is -7.32. The van der Waals surface area contributed by atoms with Crippen LogP contribution < -0.4 is 4.18 Å². The third-order valence-electron chi connectivity index (χ3n) is 3.91. The van der Waals surface area contributed by atoms with Crippen LogP contribution in [0.3, 0.4) is 0 Å². The van der Waals surface area contributed by atoms with E-state index in [1.807, 2.05) is 0 Å². The molecule has 0 aliphatic rings. The molecular formula is C17H7Cl2F9O4S. The number of halogens is 11. The Kier molecular flexibility index (Phi) is 7.01. The van der Waals surface area contributed by atoms with Crippen molar-refractivity contribution in [1.29, 1.82) is 0 Å². The fourth-order valence-electron chi connectivity index (χ4n) is 2.26. The molecule has 0 radical (unpaired) electrons. The van der Waals surface area contributed by atoms with Gasteiger partial charge in [0.25, 0.3) is 0 Å². The minimum atomic E-state index is -7.52. The number of hydrogen-bond acceptors (Lipinski definition) is 4. The number of ketones is 1. The van der Waals surface area contributed by atoms with Gasteiger partial charge in [0, 0.05) is 16.7 Å². The second-order valence-electron chi connectivity index (χ2n) is 6.16. The molecule has 0 spiro atoms. The Balaban J connectivity index is 2.64. The summed E-state index contributed by atoms with van der Waals surface area (Å²) in [5.74, 6) is -17.7. The first-order valence-electron chi connectivity index (χ1n) is 8.01. The van der Waals surface area contributed by atoms with Gasteiger partial charge in [-0.3, -0.25) is 4.79 Å². The van der Waals surface area contributed by atoms with Gasteiger partial charge >= 0.3 is 33.4 Å². The molecule has 182 valence electrons. The molecule has 0 bridgehead atoms. The van der Waals surface area contributed by atoms with Crippen LogP contribution in [0.15, 0.2) is 42.5 Å². The van der Waals surface area contributed by atoms with E-state index < -0.39 is 60.5 Å². The number of hydrogen-bond donors (Lipinski definition) is 0. The summed E-state index contributed by atoms with van der Waals surface area (Å²) in [5, 5.41) is -8.47. The first-order chi connectivity index (χ1) is 14.8. The Labute approximate surface area is 189 Å². The highest BCUT2D eigenvalue weighted by Crippen LogP contribution is 2.55. The normalized spacial score (nSPS) is 13.7. The first-order valence-corrected chi connectivity index (χ1v) is 10.2. The summed E-state index contributed by atoms with van der Waals surface area (Å²) in [4.78, 5) is 12.6. The molecule has 2 aromatic carbocycles. The molecule has 0 N–H and O–H groups in total. The average Bonchev–Trinajstić information content (AvgIpc) is 2.66. The Hall–Kier alpha value is -2.19. The molecule has 0 aliphatic carbocycles. The second-order valence-corrected chi connectivity index (χ2v) is 8.59. The van der Waals surface area contributed by atoms with Crippen LogP contribution in [0.5, 0.6) is 5.75 Å². The van der Waals surface area contributed by atoms with Gasteiger partial charge < -0.3 is 4.18 Å². The summed E-state index contributed by atoms with van der Waals surface area (Å²) in [6.07, 6.45) is -7.26. The van der Waals surface area contributed by atoms with E-state index in [4.69, 9.17) is 23.2 Å². The van der Waals surface area contributed by atoms with Crippen molar-refractivity contribution in [2.45, 2.75) is 23.3 Å². The molecule has 0 saturated carbocycles. The molecule has 2 aromatic rings. The van der Waals surface area contributed by atoms with Crippen molar-refractivity contribution in [3.05, 3.63) is 63.6 Å². The van der Waals surface area contributed by atoms with E-state index in [9.17, 15) is 52.7 Å². The lowest BCUT2D eigenvalue weighted by molar-refractivity contribution is -0.382. The lowest BCUT2D eigenvalue weighted by Gasteiger charge is -2.32. The van der Waals surface area contributed by atoms with Crippen molar-refractivity contribution >= 4 is 39.1 Å². The molecule has 16 heteroatoms. The van der Waals surface area contributed by atoms with Gasteiger partial charge in [-0.25, -0.2) is 0 Å². The largest absolute Gasteiger partial charge is 0.460 e. The van der Waals surface area contributed by atoms with Crippen molar-refractivity contribution in [3.8, 4) is 5.75 Å². The molecule has 0 fully saturated rings. The van der Waals surface area contributed by atoms with Crippen molar-refractivity contribution in [1.82, 2.24) is 0 Å². The quantitative estimate of drug-likeness (QED) is 0.229. The molecular weight excluding hydrogens is 542 g/mol. The number of benzene rings is 2. The Bertz CT molecular complexity index is 1170. The molecule has 0 aromatic heterocycles. The molecule has 0 amide bonds. The SMILES string of the molecule is O=C(c1ccccc1)c1c(Cl)cc(Cl)cc1OS(=O)(=O)C(F)(F)C(F)(F)C(F)(F)C(F)(F)F. The van der Waals surface area contributed by atoms with Gasteiger partial charge in [-0.2, -0.15) is 47.9 Å². The van der Waals surface area contributed by atoms with Gasteiger partial charge in [0.05, 0.1) is 10.6 Å². The van der Waals surface area contributed by atoms with Crippen LogP contribution in [0.4, 0.5) is 39.5 Å². The third-order valence-corrected chi connectivity index (χ3v) is 5.71.